The molecule has 0 spiro atoms. The fraction of sp³-hybridized carbons (Fsp3) is 0.500. The van der Waals surface area contributed by atoms with Crippen molar-refractivity contribution in [2.24, 2.45) is 0 Å². The van der Waals surface area contributed by atoms with Gasteiger partial charge in [-0.2, -0.15) is 0 Å². The maximum absolute atomic E-state index is 13.1. The molecule has 0 saturated carbocycles. The average Bonchev–Trinajstić information content (AvgIpc) is 3.28. The molecule has 126 valence electrons. The van der Waals surface area contributed by atoms with Gasteiger partial charge in [0.15, 0.2) is 0 Å². The van der Waals surface area contributed by atoms with Crippen LogP contribution in [0.1, 0.15) is 55.1 Å². The van der Waals surface area contributed by atoms with E-state index >= 15 is 0 Å². The van der Waals surface area contributed by atoms with E-state index in [1.54, 1.807) is 0 Å². The number of nitrogens with zero attached hydrogens (tertiary/aromatic N) is 3. The second-order valence-electron chi connectivity index (χ2n) is 6.97. The number of carbonyl (C=O) groups is 1. The molecule has 4 heteroatoms. The standard InChI is InChI=1S/C20H25N3O/c1-2-19-21-11-13-23(19)16-7-5-12-22(14-16)20(24)18-10-9-15-6-3-4-8-17(15)18/h3-4,6,8,11,13,16,18H,2,5,7,9-10,12,14H2,1H3/t16-,18+/m0/s1. The van der Waals surface area contributed by atoms with Gasteiger partial charge in [0, 0.05) is 31.9 Å². The molecule has 2 aromatic rings. The van der Waals surface area contributed by atoms with Crippen LogP contribution in [0.5, 0.6) is 0 Å². The molecule has 1 aromatic heterocycles. The number of piperidine rings is 1. The molecule has 1 saturated heterocycles. The first-order chi connectivity index (χ1) is 11.8. The van der Waals surface area contributed by atoms with Crippen LogP contribution < -0.4 is 0 Å². The molecule has 1 amide bonds. The van der Waals surface area contributed by atoms with E-state index < -0.39 is 0 Å². The van der Waals surface area contributed by atoms with Gasteiger partial charge >= 0.3 is 0 Å². The fourth-order valence-electron chi connectivity index (χ4n) is 4.37. The fourth-order valence-corrected chi connectivity index (χ4v) is 4.37. The molecule has 0 N–H and O–H groups in total. The Labute approximate surface area is 143 Å². The molecule has 0 unspecified atom stereocenters. The van der Waals surface area contributed by atoms with Crippen LogP contribution in [0.3, 0.4) is 0 Å². The molecule has 4 rings (SSSR count). The van der Waals surface area contributed by atoms with Crippen molar-refractivity contribution in [3.8, 4) is 0 Å². The van der Waals surface area contributed by atoms with E-state index in [1.165, 1.54) is 11.1 Å². The second kappa shape index (κ2) is 6.42. The number of aryl methyl sites for hydroxylation is 2. The quantitative estimate of drug-likeness (QED) is 0.869. The molecule has 2 heterocycles. The predicted molar refractivity (Wildman–Crippen MR) is 94.0 cm³/mol. The van der Waals surface area contributed by atoms with Crippen molar-refractivity contribution in [2.75, 3.05) is 13.1 Å². The molecule has 0 radical (unpaired) electrons. The van der Waals surface area contributed by atoms with Crippen molar-refractivity contribution >= 4 is 5.91 Å². The summed E-state index contributed by atoms with van der Waals surface area (Å²) < 4.78 is 2.28. The van der Waals surface area contributed by atoms with Crippen LogP contribution in [-0.2, 0) is 17.6 Å². The minimum atomic E-state index is 0.0633. The van der Waals surface area contributed by atoms with Gasteiger partial charge in [-0.25, -0.2) is 4.98 Å². The molecule has 0 bridgehead atoms. The summed E-state index contributed by atoms with van der Waals surface area (Å²) >= 11 is 0. The van der Waals surface area contributed by atoms with Crippen molar-refractivity contribution in [2.45, 2.75) is 51.0 Å². The van der Waals surface area contributed by atoms with Gasteiger partial charge < -0.3 is 9.47 Å². The minimum absolute atomic E-state index is 0.0633. The van der Waals surface area contributed by atoms with Gasteiger partial charge in [-0.3, -0.25) is 4.79 Å². The molecule has 1 aliphatic carbocycles. The lowest BCUT2D eigenvalue weighted by molar-refractivity contribution is -0.134. The second-order valence-corrected chi connectivity index (χ2v) is 6.97. The highest BCUT2D eigenvalue weighted by molar-refractivity contribution is 5.85. The Bertz CT molecular complexity index is 736. The number of likely N-dealkylation sites (tertiary alicyclic amines) is 1. The van der Waals surface area contributed by atoms with Gasteiger partial charge in [0.25, 0.3) is 0 Å². The molecular formula is C20H25N3O. The number of hydrogen-bond donors (Lipinski definition) is 0. The third-order valence-corrected chi connectivity index (χ3v) is 5.60. The number of carbonyl (C=O) groups excluding carboxylic acids is 1. The normalized spacial score (nSPS) is 23.3. The van der Waals surface area contributed by atoms with Crippen LogP contribution in [0.15, 0.2) is 36.7 Å². The predicted octanol–water partition coefficient (Wildman–Crippen LogP) is 3.34. The highest BCUT2D eigenvalue weighted by Gasteiger charge is 2.34. The minimum Gasteiger partial charge on any atom is -0.340 e. The van der Waals surface area contributed by atoms with Crippen molar-refractivity contribution in [3.63, 3.8) is 0 Å². The molecule has 2 aliphatic rings. The Morgan fingerprint density at radius 3 is 3.04 bits per heavy atom. The zero-order valence-corrected chi connectivity index (χ0v) is 14.3. The van der Waals surface area contributed by atoms with Crippen molar-refractivity contribution in [3.05, 3.63) is 53.6 Å². The Balaban J connectivity index is 1.51. The van der Waals surface area contributed by atoms with E-state index in [0.29, 0.717) is 11.9 Å². The molecule has 1 aromatic carbocycles. The summed E-state index contributed by atoms with van der Waals surface area (Å²) in [5, 5.41) is 0. The molecule has 24 heavy (non-hydrogen) atoms. The Kier molecular flexibility index (Phi) is 4.13. The molecule has 1 fully saturated rings. The van der Waals surface area contributed by atoms with E-state index in [2.05, 4.69) is 51.8 Å². The monoisotopic (exact) mass is 323 g/mol. The van der Waals surface area contributed by atoms with Crippen molar-refractivity contribution < 1.29 is 4.79 Å². The number of benzene rings is 1. The summed E-state index contributed by atoms with van der Waals surface area (Å²) in [4.78, 5) is 19.7. The highest BCUT2D eigenvalue weighted by atomic mass is 16.2. The molecule has 2 atom stereocenters. The summed E-state index contributed by atoms with van der Waals surface area (Å²) in [5.74, 6) is 1.51. The molecule has 1 aliphatic heterocycles. The number of hydrogen-bond acceptors (Lipinski definition) is 2. The van der Waals surface area contributed by atoms with Gasteiger partial charge in [0.1, 0.15) is 5.82 Å². The van der Waals surface area contributed by atoms with Gasteiger partial charge in [-0.15, -0.1) is 0 Å². The first-order valence-corrected chi connectivity index (χ1v) is 9.16. The Morgan fingerprint density at radius 1 is 1.29 bits per heavy atom. The lowest BCUT2D eigenvalue weighted by Crippen LogP contribution is -2.42. The van der Waals surface area contributed by atoms with Gasteiger partial charge in [0.2, 0.25) is 5.91 Å². The largest absolute Gasteiger partial charge is 0.340 e. The SMILES string of the molecule is CCc1nccn1[C@H]1CCCN(C(=O)[C@@H]2CCc3ccccc32)C1. The summed E-state index contributed by atoms with van der Waals surface area (Å²) in [7, 11) is 0. The third-order valence-electron chi connectivity index (χ3n) is 5.60. The van der Waals surface area contributed by atoms with Crippen LogP contribution in [0.25, 0.3) is 0 Å². The van der Waals surface area contributed by atoms with Gasteiger partial charge in [-0.05, 0) is 36.8 Å². The maximum atomic E-state index is 13.1. The molecular weight excluding hydrogens is 298 g/mol. The molecule has 4 nitrogen and oxygen atoms in total. The topological polar surface area (TPSA) is 38.1 Å². The van der Waals surface area contributed by atoms with E-state index in [-0.39, 0.29) is 5.92 Å². The summed E-state index contributed by atoms with van der Waals surface area (Å²) in [6.07, 6.45) is 9.10. The smallest absolute Gasteiger partial charge is 0.230 e. The van der Waals surface area contributed by atoms with Crippen LogP contribution in [-0.4, -0.2) is 33.4 Å². The average molecular weight is 323 g/mol. The van der Waals surface area contributed by atoms with Crippen LogP contribution in [0.2, 0.25) is 0 Å². The number of amides is 1. The number of fused-ring (bicyclic) bond motifs is 1. The first kappa shape index (κ1) is 15.4. The van der Waals surface area contributed by atoms with E-state index in [0.717, 1.165) is 51.0 Å². The summed E-state index contributed by atoms with van der Waals surface area (Å²) in [5.41, 5.74) is 2.61. The summed E-state index contributed by atoms with van der Waals surface area (Å²) in [6, 6.07) is 8.81. The van der Waals surface area contributed by atoms with E-state index in [1.807, 2.05) is 6.20 Å². The van der Waals surface area contributed by atoms with E-state index in [9.17, 15) is 4.79 Å². The van der Waals surface area contributed by atoms with Crippen LogP contribution >= 0.6 is 0 Å². The Morgan fingerprint density at radius 2 is 2.17 bits per heavy atom. The zero-order valence-electron chi connectivity index (χ0n) is 14.3. The number of imidazole rings is 1. The lowest BCUT2D eigenvalue weighted by Gasteiger charge is -2.35. The summed E-state index contributed by atoms with van der Waals surface area (Å²) in [6.45, 7) is 3.85. The van der Waals surface area contributed by atoms with Gasteiger partial charge in [-0.1, -0.05) is 31.2 Å². The zero-order chi connectivity index (χ0) is 16.5. The third kappa shape index (κ3) is 2.64. The number of aromatic nitrogens is 2. The van der Waals surface area contributed by atoms with Crippen molar-refractivity contribution in [1.29, 1.82) is 0 Å². The van der Waals surface area contributed by atoms with E-state index in [4.69, 9.17) is 0 Å². The van der Waals surface area contributed by atoms with Gasteiger partial charge in [0.05, 0.1) is 12.0 Å². The number of rotatable bonds is 3. The lowest BCUT2D eigenvalue weighted by atomic mass is 9.97. The van der Waals surface area contributed by atoms with Crippen LogP contribution in [0.4, 0.5) is 0 Å². The first-order valence-electron chi connectivity index (χ1n) is 9.16. The Hall–Kier alpha value is -2.10. The van der Waals surface area contributed by atoms with Crippen LogP contribution in [0, 0.1) is 0 Å². The van der Waals surface area contributed by atoms with Crippen molar-refractivity contribution in [1.82, 2.24) is 14.5 Å². The highest BCUT2D eigenvalue weighted by Crippen LogP contribution is 2.35. The maximum Gasteiger partial charge on any atom is 0.230 e.